The predicted molar refractivity (Wildman–Crippen MR) is 68.4 cm³/mol. The Morgan fingerprint density at radius 1 is 1.63 bits per heavy atom. The number of nitrogens with one attached hydrogen (secondary N) is 1. The first-order valence-corrected chi connectivity index (χ1v) is 6.35. The molecule has 2 atom stereocenters. The fourth-order valence-corrected chi connectivity index (χ4v) is 2.46. The third-order valence-corrected chi connectivity index (χ3v) is 3.36. The summed E-state index contributed by atoms with van der Waals surface area (Å²) >= 11 is 0. The molecule has 6 nitrogen and oxygen atoms in total. The summed E-state index contributed by atoms with van der Waals surface area (Å²) in [5.41, 5.74) is 1.10. The maximum Gasteiger partial charge on any atom is 0.246 e. The van der Waals surface area contributed by atoms with E-state index >= 15 is 0 Å². The minimum Gasteiger partial charge on any atom is -0.472 e. The molecule has 0 spiro atoms. The van der Waals surface area contributed by atoms with Crippen molar-refractivity contribution < 1.29 is 19.1 Å². The first kappa shape index (κ1) is 14.0. The molecule has 0 aromatic carbocycles. The third kappa shape index (κ3) is 3.79. The van der Waals surface area contributed by atoms with E-state index in [0.717, 1.165) is 25.2 Å². The largest absolute Gasteiger partial charge is 0.472 e. The molecule has 0 bridgehead atoms. The Hall–Kier alpha value is -1.37. The minimum atomic E-state index is -0.142. The van der Waals surface area contributed by atoms with E-state index in [1.807, 2.05) is 6.07 Å². The second kappa shape index (κ2) is 6.70. The smallest absolute Gasteiger partial charge is 0.246 e. The fraction of sp³-hybridized carbons (Fsp3) is 0.615. The Kier molecular flexibility index (Phi) is 4.95. The van der Waals surface area contributed by atoms with Crippen LogP contribution < -0.4 is 5.32 Å². The number of hydrogen-bond donors (Lipinski definition) is 2. The molecule has 0 unspecified atom stereocenters. The van der Waals surface area contributed by atoms with E-state index in [9.17, 15) is 9.90 Å². The lowest BCUT2D eigenvalue weighted by Crippen LogP contribution is -2.43. The molecule has 1 aliphatic heterocycles. The first-order valence-electron chi connectivity index (χ1n) is 6.35. The molecular formula is C13H20N2O4. The molecule has 2 heterocycles. The van der Waals surface area contributed by atoms with Crippen LogP contribution >= 0.6 is 0 Å². The first-order chi connectivity index (χ1) is 9.22. The summed E-state index contributed by atoms with van der Waals surface area (Å²) in [5, 5.41) is 12.3. The summed E-state index contributed by atoms with van der Waals surface area (Å²) < 4.78 is 9.83. The Labute approximate surface area is 112 Å². The van der Waals surface area contributed by atoms with Crippen molar-refractivity contribution in [1.82, 2.24) is 10.2 Å². The number of aliphatic hydroxyl groups is 1. The third-order valence-electron chi connectivity index (χ3n) is 3.36. The molecule has 1 aliphatic rings. The van der Waals surface area contributed by atoms with Crippen LogP contribution in [0.15, 0.2) is 23.0 Å². The number of amides is 1. The summed E-state index contributed by atoms with van der Waals surface area (Å²) in [6.07, 6.45) is 3.36. The molecular weight excluding hydrogens is 248 g/mol. The van der Waals surface area contributed by atoms with Crippen molar-refractivity contribution in [3.05, 3.63) is 24.2 Å². The summed E-state index contributed by atoms with van der Waals surface area (Å²) in [7, 11) is 1.49. The molecule has 0 aliphatic carbocycles. The normalized spacial score (nSPS) is 23.7. The molecule has 0 radical (unpaired) electrons. The number of aliphatic hydroxyl groups excluding tert-OH is 1. The minimum absolute atomic E-state index is 0.0282. The second-order valence-electron chi connectivity index (χ2n) is 4.88. The van der Waals surface area contributed by atoms with Crippen LogP contribution in [0.25, 0.3) is 0 Å². The average molecular weight is 268 g/mol. The van der Waals surface area contributed by atoms with Gasteiger partial charge in [0, 0.05) is 50.9 Å². The van der Waals surface area contributed by atoms with Gasteiger partial charge in [-0.05, 0) is 6.07 Å². The van der Waals surface area contributed by atoms with Crippen LogP contribution in [0.3, 0.4) is 0 Å². The number of hydrogen-bond acceptors (Lipinski definition) is 5. The van der Waals surface area contributed by atoms with Gasteiger partial charge >= 0.3 is 0 Å². The average Bonchev–Trinajstić information content (AvgIpc) is 3.00. The number of rotatable bonds is 6. The number of likely N-dealkylation sites (tertiary alicyclic amines) is 1. The van der Waals surface area contributed by atoms with Crippen LogP contribution in [0.1, 0.15) is 5.56 Å². The van der Waals surface area contributed by atoms with Crippen LogP contribution in [0.4, 0.5) is 0 Å². The number of ether oxygens (including phenoxy) is 1. The van der Waals surface area contributed by atoms with Gasteiger partial charge < -0.3 is 19.6 Å². The number of nitrogens with zero attached hydrogens (tertiary/aromatic N) is 1. The van der Waals surface area contributed by atoms with Crippen molar-refractivity contribution in [3.63, 3.8) is 0 Å². The Morgan fingerprint density at radius 2 is 2.47 bits per heavy atom. The van der Waals surface area contributed by atoms with E-state index in [-0.39, 0.29) is 31.1 Å². The molecule has 106 valence electrons. The summed E-state index contributed by atoms with van der Waals surface area (Å²) in [5.74, 6) is -0.0798. The maximum absolute atomic E-state index is 11.5. The van der Waals surface area contributed by atoms with Gasteiger partial charge in [-0.25, -0.2) is 0 Å². The molecule has 1 saturated heterocycles. The van der Waals surface area contributed by atoms with Gasteiger partial charge in [0.15, 0.2) is 0 Å². The molecule has 1 fully saturated rings. The molecule has 0 saturated carbocycles. The van der Waals surface area contributed by atoms with Gasteiger partial charge in [0.05, 0.1) is 12.5 Å². The van der Waals surface area contributed by atoms with Gasteiger partial charge in [-0.3, -0.25) is 9.69 Å². The molecule has 1 aromatic rings. The zero-order valence-electron chi connectivity index (χ0n) is 11.0. The van der Waals surface area contributed by atoms with Crippen LogP contribution in [-0.4, -0.2) is 55.4 Å². The van der Waals surface area contributed by atoms with Gasteiger partial charge in [0.1, 0.15) is 6.61 Å². The molecule has 2 N–H and O–H groups in total. The quantitative estimate of drug-likeness (QED) is 0.749. The van der Waals surface area contributed by atoms with Crippen LogP contribution in [0, 0.1) is 5.92 Å². The second-order valence-corrected chi connectivity index (χ2v) is 4.88. The van der Waals surface area contributed by atoms with Crippen molar-refractivity contribution in [2.75, 3.05) is 33.4 Å². The highest BCUT2D eigenvalue weighted by atomic mass is 16.5. The zero-order valence-corrected chi connectivity index (χ0v) is 11.0. The summed E-state index contributed by atoms with van der Waals surface area (Å²) in [6.45, 7) is 2.38. The van der Waals surface area contributed by atoms with Crippen molar-refractivity contribution in [2.45, 2.75) is 12.6 Å². The molecule has 2 rings (SSSR count). The lowest BCUT2D eigenvalue weighted by atomic mass is 10.1. The van der Waals surface area contributed by atoms with Gasteiger partial charge in [-0.2, -0.15) is 0 Å². The molecule has 19 heavy (non-hydrogen) atoms. The van der Waals surface area contributed by atoms with Gasteiger partial charge in [-0.1, -0.05) is 0 Å². The summed E-state index contributed by atoms with van der Waals surface area (Å²) in [4.78, 5) is 13.7. The SMILES string of the molecule is COCC(=O)N[C@@H]1CN(Cc2ccoc2)C[C@H]1CO. The molecule has 1 aromatic heterocycles. The lowest BCUT2D eigenvalue weighted by molar-refractivity contribution is -0.125. The highest BCUT2D eigenvalue weighted by Crippen LogP contribution is 2.19. The number of carbonyl (C=O) groups excluding carboxylic acids is 1. The van der Waals surface area contributed by atoms with E-state index in [4.69, 9.17) is 9.15 Å². The highest BCUT2D eigenvalue weighted by molar-refractivity contribution is 5.77. The predicted octanol–water partition coefficient (Wildman–Crippen LogP) is -0.165. The van der Waals surface area contributed by atoms with Gasteiger partial charge in [-0.15, -0.1) is 0 Å². The standard InChI is InChI=1S/C13H20N2O4/c1-18-9-13(17)14-12-6-15(5-11(12)7-16)4-10-2-3-19-8-10/h2-3,8,11-12,16H,4-7,9H2,1H3,(H,14,17)/t11-,12+/m0/s1. The monoisotopic (exact) mass is 268 g/mol. The number of carbonyl (C=O) groups is 1. The van der Waals surface area contributed by atoms with E-state index < -0.39 is 0 Å². The van der Waals surface area contributed by atoms with Crippen LogP contribution in [0.5, 0.6) is 0 Å². The zero-order chi connectivity index (χ0) is 13.7. The fourth-order valence-electron chi connectivity index (χ4n) is 2.46. The highest BCUT2D eigenvalue weighted by Gasteiger charge is 2.33. The van der Waals surface area contributed by atoms with Gasteiger partial charge in [0.25, 0.3) is 0 Å². The van der Waals surface area contributed by atoms with E-state index in [0.29, 0.717) is 0 Å². The Bertz CT molecular complexity index is 393. The Morgan fingerprint density at radius 3 is 3.11 bits per heavy atom. The Balaban J connectivity index is 1.88. The topological polar surface area (TPSA) is 74.9 Å². The van der Waals surface area contributed by atoms with Crippen molar-refractivity contribution in [2.24, 2.45) is 5.92 Å². The van der Waals surface area contributed by atoms with E-state index in [1.165, 1.54) is 7.11 Å². The summed E-state index contributed by atoms with van der Waals surface area (Å²) in [6, 6.07) is 1.89. The van der Waals surface area contributed by atoms with Gasteiger partial charge in [0.2, 0.25) is 5.91 Å². The van der Waals surface area contributed by atoms with Crippen LogP contribution in [-0.2, 0) is 16.1 Å². The number of methoxy groups -OCH3 is 1. The van der Waals surface area contributed by atoms with Crippen molar-refractivity contribution >= 4 is 5.91 Å². The molecule has 6 heteroatoms. The van der Waals surface area contributed by atoms with Crippen LogP contribution in [0.2, 0.25) is 0 Å². The van der Waals surface area contributed by atoms with E-state index in [1.54, 1.807) is 12.5 Å². The van der Waals surface area contributed by atoms with Crippen molar-refractivity contribution in [1.29, 1.82) is 0 Å². The maximum atomic E-state index is 11.5. The van der Waals surface area contributed by atoms with Crippen molar-refractivity contribution in [3.8, 4) is 0 Å². The van der Waals surface area contributed by atoms with E-state index in [2.05, 4.69) is 10.2 Å². The number of furan rings is 1. The molecule has 1 amide bonds. The lowest BCUT2D eigenvalue weighted by Gasteiger charge is -2.17.